The van der Waals surface area contributed by atoms with Crippen LogP contribution in [-0.4, -0.2) is 57.9 Å². The second-order valence-corrected chi connectivity index (χ2v) is 11.6. The molecular weight excluding hydrogens is 492 g/mol. The first-order valence-corrected chi connectivity index (χ1v) is 13.2. The summed E-state index contributed by atoms with van der Waals surface area (Å²) in [5.74, 6) is 1.21. The number of aliphatic hydroxyl groups is 1. The van der Waals surface area contributed by atoms with Crippen LogP contribution in [-0.2, 0) is 11.8 Å². The number of nitrogens with one attached hydrogen (secondary N) is 1. The van der Waals surface area contributed by atoms with Gasteiger partial charge in [-0.1, -0.05) is 6.07 Å². The van der Waals surface area contributed by atoms with Gasteiger partial charge < -0.3 is 24.7 Å². The number of furan rings is 1. The Labute approximate surface area is 221 Å². The topological polar surface area (TPSA) is 95.2 Å². The number of rotatable bonds is 4. The van der Waals surface area contributed by atoms with Gasteiger partial charge in [0.2, 0.25) is 0 Å². The van der Waals surface area contributed by atoms with Crippen molar-refractivity contribution in [1.82, 2.24) is 10.2 Å². The molecule has 5 aliphatic rings. The molecule has 3 N–H and O–H groups in total. The van der Waals surface area contributed by atoms with Crippen molar-refractivity contribution >= 4 is 29.3 Å². The number of nitrogens with zero attached hydrogens (tertiary/aromatic N) is 1. The fraction of sp³-hybridized carbons (Fsp3) is 0.483. The largest absolute Gasteiger partial charge is 0.504 e. The number of ether oxygens (including phenoxy) is 1. The van der Waals surface area contributed by atoms with Crippen LogP contribution in [0.15, 0.2) is 47.1 Å². The van der Waals surface area contributed by atoms with Crippen LogP contribution in [0.3, 0.4) is 0 Å². The van der Waals surface area contributed by atoms with Crippen molar-refractivity contribution in [3.63, 3.8) is 0 Å². The maximum absolute atomic E-state index is 13.4. The minimum absolute atomic E-state index is 0. The molecule has 2 bridgehead atoms. The number of fused-ring (bicyclic) bond motifs is 1. The van der Waals surface area contributed by atoms with E-state index < -0.39 is 17.1 Å². The zero-order valence-electron chi connectivity index (χ0n) is 20.5. The molecule has 1 amide bonds. The summed E-state index contributed by atoms with van der Waals surface area (Å²) in [6.45, 7) is 1.95. The van der Waals surface area contributed by atoms with Gasteiger partial charge >= 0.3 is 0 Å². The molecule has 194 valence electrons. The fourth-order valence-corrected chi connectivity index (χ4v) is 7.99. The summed E-state index contributed by atoms with van der Waals surface area (Å²) in [5.41, 5.74) is 1.88. The number of carbonyl (C=O) groups is 1. The molecule has 3 aromatic rings. The molecule has 2 aromatic carbocycles. The van der Waals surface area contributed by atoms with Gasteiger partial charge in [-0.15, -0.1) is 12.4 Å². The molecular formula is C29H31ClN2O5. The number of hydrogen-bond donors (Lipinski definition) is 3. The lowest BCUT2D eigenvalue weighted by Crippen LogP contribution is -2.78. The molecule has 8 rings (SSSR count). The van der Waals surface area contributed by atoms with Crippen molar-refractivity contribution in [3.8, 4) is 11.5 Å². The van der Waals surface area contributed by atoms with Crippen LogP contribution >= 0.6 is 12.4 Å². The van der Waals surface area contributed by atoms with Crippen LogP contribution in [0, 0.1) is 5.92 Å². The molecule has 0 radical (unpaired) electrons. The van der Waals surface area contributed by atoms with Crippen LogP contribution in [0.4, 0.5) is 0 Å². The number of aromatic hydroxyl groups is 1. The lowest BCUT2D eigenvalue weighted by molar-refractivity contribution is -0.191. The highest BCUT2D eigenvalue weighted by atomic mass is 35.5. The summed E-state index contributed by atoms with van der Waals surface area (Å²) in [7, 11) is 0. The van der Waals surface area contributed by atoms with Gasteiger partial charge in [-0.25, -0.2) is 0 Å². The molecule has 3 fully saturated rings. The van der Waals surface area contributed by atoms with E-state index in [-0.39, 0.29) is 36.1 Å². The van der Waals surface area contributed by atoms with Gasteiger partial charge in [0.05, 0.1) is 23.3 Å². The van der Waals surface area contributed by atoms with E-state index in [1.807, 2.05) is 24.3 Å². The Balaban J connectivity index is 0.00000231. The molecule has 1 aromatic heterocycles. The summed E-state index contributed by atoms with van der Waals surface area (Å²) >= 11 is 0. The molecule has 37 heavy (non-hydrogen) atoms. The van der Waals surface area contributed by atoms with Crippen LogP contribution in [0.25, 0.3) is 11.0 Å². The van der Waals surface area contributed by atoms with Crippen molar-refractivity contribution in [1.29, 1.82) is 0 Å². The quantitative estimate of drug-likeness (QED) is 0.481. The minimum Gasteiger partial charge on any atom is -0.504 e. The molecule has 7 nitrogen and oxygen atoms in total. The Hall–Kier alpha value is -2.74. The Bertz CT molecular complexity index is 1420. The third kappa shape index (κ3) is 3.05. The lowest BCUT2D eigenvalue weighted by atomic mass is 9.48. The monoisotopic (exact) mass is 522 g/mol. The van der Waals surface area contributed by atoms with Crippen molar-refractivity contribution in [3.05, 3.63) is 59.4 Å². The van der Waals surface area contributed by atoms with E-state index in [9.17, 15) is 15.0 Å². The van der Waals surface area contributed by atoms with Gasteiger partial charge in [0, 0.05) is 29.1 Å². The van der Waals surface area contributed by atoms with E-state index >= 15 is 0 Å². The molecule has 2 saturated carbocycles. The summed E-state index contributed by atoms with van der Waals surface area (Å²) < 4.78 is 12.0. The Morgan fingerprint density at radius 2 is 2.00 bits per heavy atom. The molecule has 3 aliphatic carbocycles. The number of hydrogen-bond acceptors (Lipinski definition) is 6. The third-order valence-corrected chi connectivity index (χ3v) is 9.79. The van der Waals surface area contributed by atoms with Crippen molar-refractivity contribution in [2.24, 2.45) is 5.92 Å². The standard InChI is InChI=1S/C29H30N2O5.ClH/c32-21-5-3-18-14-23-29(34)9-7-20(30-27(33)19-4-6-22-17(13-19)8-12-35-22)26-28(29,24(18)25(21)36-26)10-11-31(23)15-16-1-2-16;/h3-6,8,12-13,16,20,23,26,32,34H,1-2,7,9-11,14-15H2,(H,30,33);1H/t20-,23-,26+,28+,29-;/m1./s1. The van der Waals surface area contributed by atoms with Gasteiger partial charge in [-0.2, -0.15) is 0 Å². The van der Waals surface area contributed by atoms with Gasteiger partial charge in [0.25, 0.3) is 5.91 Å². The number of halogens is 1. The summed E-state index contributed by atoms with van der Waals surface area (Å²) in [6.07, 6.45) is 6.51. The number of phenolic OH excluding ortho intramolecular Hbond substituents is 1. The normalized spacial score (nSPS) is 33.4. The average Bonchev–Trinajstić information content (AvgIpc) is 3.42. The lowest BCUT2D eigenvalue weighted by Gasteiger charge is -2.64. The second kappa shape index (κ2) is 7.88. The number of phenols is 1. The Kier molecular flexibility index (Phi) is 4.98. The van der Waals surface area contributed by atoms with Crippen LogP contribution in [0.5, 0.6) is 11.5 Å². The van der Waals surface area contributed by atoms with E-state index in [1.165, 1.54) is 12.8 Å². The van der Waals surface area contributed by atoms with Crippen molar-refractivity contribution < 1.29 is 24.2 Å². The third-order valence-electron chi connectivity index (χ3n) is 9.79. The molecule has 1 spiro atoms. The van der Waals surface area contributed by atoms with E-state index in [0.29, 0.717) is 24.2 Å². The minimum atomic E-state index is -0.951. The summed E-state index contributed by atoms with van der Waals surface area (Å²) in [4.78, 5) is 15.9. The van der Waals surface area contributed by atoms with Gasteiger partial charge in [0.1, 0.15) is 11.7 Å². The first-order valence-electron chi connectivity index (χ1n) is 13.2. The maximum atomic E-state index is 13.4. The maximum Gasteiger partial charge on any atom is 0.251 e. The van der Waals surface area contributed by atoms with Crippen LogP contribution in [0.1, 0.15) is 53.6 Å². The van der Waals surface area contributed by atoms with Crippen LogP contribution < -0.4 is 10.1 Å². The number of likely N-dealkylation sites (tertiary alicyclic amines) is 1. The number of amides is 1. The smallest absolute Gasteiger partial charge is 0.251 e. The highest BCUT2D eigenvalue weighted by Crippen LogP contribution is 2.65. The number of benzene rings is 2. The van der Waals surface area contributed by atoms with E-state index in [0.717, 1.165) is 53.9 Å². The Morgan fingerprint density at radius 3 is 2.84 bits per heavy atom. The summed E-state index contributed by atoms with van der Waals surface area (Å²) in [6, 6.07) is 10.8. The second-order valence-electron chi connectivity index (χ2n) is 11.6. The van der Waals surface area contributed by atoms with Gasteiger partial charge in [-0.05, 0) is 86.9 Å². The molecule has 3 heterocycles. The molecule has 2 aliphatic heterocycles. The predicted octanol–water partition coefficient (Wildman–Crippen LogP) is 3.92. The zero-order valence-corrected chi connectivity index (χ0v) is 21.3. The molecule has 5 atom stereocenters. The van der Waals surface area contributed by atoms with Gasteiger partial charge in [0.15, 0.2) is 11.5 Å². The van der Waals surface area contributed by atoms with Crippen molar-refractivity contribution in [2.75, 3.05) is 13.1 Å². The van der Waals surface area contributed by atoms with Gasteiger partial charge in [-0.3, -0.25) is 9.69 Å². The van der Waals surface area contributed by atoms with E-state index in [1.54, 1.807) is 18.4 Å². The first kappa shape index (κ1) is 23.4. The van der Waals surface area contributed by atoms with E-state index in [2.05, 4.69) is 10.2 Å². The van der Waals surface area contributed by atoms with Crippen molar-refractivity contribution in [2.45, 2.75) is 67.7 Å². The Morgan fingerprint density at radius 1 is 1.14 bits per heavy atom. The summed E-state index contributed by atoms with van der Waals surface area (Å²) in [5, 5.41) is 27.5. The van der Waals surface area contributed by atoms with E-state index in [4.69, 9.17) is 9.15 Å². The highest BCUT2D eigenvalue weighted by molar-refractivity contribution is 5.98. The predicted molar refractivity (Wildman–Crippen MR) is 140 cm³/mol. The fourth-order valence-electron chi connectivity index (χ4n) is 7.99. The molecule has 8 heteroatoms. The average molecular weight is 523 g/mol. The SMILES string of the molecule is Cl.O=C(N[C@@H]1CC[C@@]2(O)[C@H]3Cc4ccc(O)c5c4[C@@]2(CCN3CC2CC2)[C@H]1O5)c1ccc2occc2c1. The highest BCUT2D eigenvalue weighted by Gasteiger charge is 2.73. The first-order chi connectivity index (χ1) is 17.5. The zero-order chi connectivity index (χ0) is 24.2. The van der Waals surface area contributed by atoms with Crippen LogP contribution in [0.2, 0.25) is 0 Å². The molecule has 0 unspecified atom stereocenters. The molecule has 1 saturated heterocycles. The number of piperidine rings is 1. The number of carbonyl (C=O) groups excluding carboxylic acids is 1.